The van der Waals surface area contributed by atoms with Gasteiger partial charge >= 0.3 is 0 Å². The number of amides is 2. The largest absolute Gasteiger partial charge is 0.332 e. The first-order chi connectivity index (χ1) is 19.2. The Morgan fingerprint density at radius 3 is 1.51 bits per heavy atom. The van der Waals surface area contributed by atoms with Crippen LogP contribution in [0.2, 0.25) is 0 Å². The molecule has 0 N–H and O–H groups in total. The lowest BCUT2D eigenvalue weighted by atomic mass is 10.2. The van der Waals surface area contributed by atoms with Gasteiger partial charge in [-0.2, -0.15) is 0 Å². The van der Waals surface area contributed by atoms with E-state index >= 15 is 0 Å². The number of nitrogens with zero attached hydrogens (tertiary/aromatic N) is 3. The van der Waals surface area contributed by atoms with Crippen molar-refractivity contribution in [3.63, 3.8) is 0 Å². The molecule has 0 saturated carbocycles. The Morgan fingerprint density at radius 2 is 1.05 bits per heavy atom. The van der Waals surface area contributed by atoms with E-state index in [-0.39, 0.29) is 11.8 Å². The number of hydrogen-bond acceptors (Lipinski definition) is 4. The summed E-state index contributed by atoms with van der Waals surface area (Å²) in [5, 5.41) is 2.23. The molecule has 39 heavy (non-hydrogen) atoms. The highest BCUT2D eigenvalue weighted by Crippen LogP contribution is 2.66. The highest BCUT2D eigenvalue weighted by Gasteiger charge is 2.59. The first kappa shape index (κ1) is 25.7. The molecule has 4 aromatic rings. The van der Waals surface area contributed by atoms with Crippen LogP contribution in [0.15, 0.2) is 115 Å². The quantitative estimate of drug-likeness (QED) is 0.206. The fraction of sp³-hybridized carbons (Fsp3) is 0.188. The number of carbonyl (C=O) groups excluding carboxylic acids is 2. The first-order valence-electron chi connectivity index (χ1n) is 13.4. The lowest BCUT2D eigenvalue weighted by Gasteiger charge is -2.38. The molecular formula is C32H31N3O2P2. The number of carbonyl (C=O) groups is 2. The molecule has 1 fully saturated rings. The highest BCUT2D eigenvalue weighted by molar-refractivity contribution is 7.76. The lowest BCUT2D eigenvalue weighted by Crippen LogP contribution is -2.39. The number of imide groups is 1. The van der Waals surface area contributed by atoms with Crippen molar-refractivity contribution in [3.8, 4) is 0 Å². The van der Waals surface area contributed by atoms with Crippen LogP contribution in [0.3, 0.4) is 0 Å². The molecule has 2 heterocycles. The van der Waals surface area contributed by atoms with E-state index in [4.69, 9.17) is 0 Å². The zero-order chi connectivity index (χ0) is 26.9. The van der Waals surface area contributed by atoms with E-state index in [1.165, 1.54) is 4.90 Å². The molecule has 0 radical (unpaired) electrons. The van der Waals surface area contributed by atoms with Gasteiger partial charge in [-0.25, -0.2) is 4.90 Å². The van der Waals surface area contributed by atoms with Gasteiger partial charge in [-0.1, -0.05) is 91.0 Å². The van der Waals surface area contributed by atoms with E-state index in [1.54, 1.807) is 0 Å². The van der Waals surface area contributed by atoms with Gasteiger partial charge in [0.25, 0.3) is 0 Å². The molecule has 4 aromatic carbocycles. The summed E-state index contributed by atoms with van der Waals surface area (Å²) in [6.07, 6.45) is 0. The number of fused-ring (bicyclic) bond motifs is 1. The van der Waals surface area contributed by atoms with Crippen LogP contribution in [0.1, 0.15) is 13.8 Å². The maximum absolute atomic E-state index is 14.6. The third-order valence-corrected chi connectivity index (χ3v) is 13.4. The molecule has 2 atom stereocenters. The first-order valence-corrected chi connectivity index (χ1v) is 16.1. The van der Waals surface area contributed by atoms with Crippen molar-refractivity contribution >= 4 is 55.6 Å². The maximum Gasteiger partial charge on any atom is 0.246 e. The summed E-state index contributed by atoms with van der Waals surface area (Å²) in [7, 11) is -2.33. The van der Waals surface area contributed by atoms with Crippen molar-refractivity contribution in [1.82, 2.24) is 0 Å². The zero-order valence-corrected chi connectivity index (χ0v) is 23.9. The Morgan fingerprint density at radius 1 is 0.615 bits per heavy atom. The molecule has 0 bridgehead atoms. The molecule has 196 valence electrons. The summed E-state index contributed by atoms with van der Waals surface area (Å²) in [6.45, 7) is 5.83. The summed E-state index contributed by atoms with van der Waals surface area (Å²) < 4.78 is 4.77. The topological polar surface area (TPSA) is 43.9 Å². The molecule has 2 aliphatic rings. The van der Waals surface area contributed by atoms with Crippen LogP contribution in [0.4, 0.5) is 17.1 Å². The van der Waals surface area contributed by atoms with Gasteiger partial charge in [0.15, 0.2) is 0 Å². The van der Waals surface area contributed by atoms with E-state index in [1.807, 2.05) is 66.7 Å². The normalized spacial score (nSPS) is 19.3. The molecular weight excluding hydrogens is 520 g/mol. The standard InChI is InChI=1S/C32H31N3O2P2/c1-3-33-27-22-14-15-23-28(27)34(4-2)39(33)30-29(31(36)35(32(30)37)24-16-8-5-9-17-24)38(25-18-10-6-11-19-25)26-20-12-7-13-21-26/h5-23,29-30H,3-4H2,1-2H3. The second-order valence-corrected chi connectivity index (χ2v) is 14.0. The second kappa shape index (κ2) is 10.9. The lowest BCUT2D eigenvalue weighted by molar-refractivity contribution is -0.121. The molecule has 2 unspecified atom stereocenters. The molecule has 1 saturated heterocycles. The van der Waals surface area contributed by atoms with Crippen molar-refractivity contribution in [2.75, 3.05) is 27.3 Å². The maximum atomic E-state index is 14.6. The predicted octanol–water partition coefficient (Wildman–Crippen LogP) is 6.11. The van der Waals surface area contributed by atoms with E-state index in [2.05, 4.69) is 71.7 Å². The monoisotopic (exact) mass is 551 g/mol. The van der Waals surface area contributed by atoms with E-state index in [0.717, 1.165) is 35.1 Å². The van der Waals surface area contributed by atoms with Crippen LogP contribution in [0.5, 0.6) is 0 Å². The van der Waals surface area contributed by atoms with Gasteiger partial charge in [0.2, 0.25) is 11.8 Å². The Hall–Kier alpha value is -3.52. The smallest absolute Gasteiger partial charge is 0.246 e. The highest BCUT2D eigenvalue weighted by atomic mass is 31.1. The molecule has 0 aromatic heterocycles. The van der Waals surface area contributed by atoms with Gasteiger partial charge in [-0.15, -0.1) is 0 Å². The third kappa shape index (κ3) is 4.35. The van der Waals surface area contributed by atoms with Crippen LogP contribution >= 0.6 is 16.1 Å². The summed E-state index contributed by atoms with van der Waals surface area (Å²) in [4.78, 5) is 30.7. The van der Waals surface area contributed by atoms with Gasteiger partial charge in [-0.05, 0) is 56.6 Å². The van der Waals surface area contributed by atoms with Crippen LogP contribution in [0.25, 0.3) is 0 Å². The van der Waals surface area contributed by atoms with E-state index < -0.39 is 27.5 Å². The minimum Gasteiger partial charge on any atom is -0.332 e. The second-order valence-electron chi connectivity index (χ2n) is 9.52. The van der Waals surface area contributed by atoms with Gasteiger partial charge in [0.1, 0.15) is 13.9 Å². The van der Waals surface area contributed by atoms with Crippen LogP contribution < -0.4 is 24.8 Å². The summed E-state index contributed by atoms with van der Waals surface area (Å²) in [5.74, 6) is -0.188. The fourth-order valence-corrected chi connectivity index (χ4v) is 12.1. The Balaban J connectivity index is 1.57. The van der Waals surface area contributed by atoms with Gasteiger partial charge in [0.05, 0.1) is 22.7 Å². The third-order valence-electron chi connectivity index (χ3n) is 7.39. The van der Waals surface area contributed by atoms with Gasteiger partial charge < -0.3 is 9.34 Å². The average Bonchev–Trinajstić information content (AvgIpc) is 3.44. The molecule has 7 heteroatoms. The molecule has 0 spiro atoms. The van der Waals surface area contributed by atoms with Gasteiger partial charge in [0, 0.05) is 13.1 Å². The number of anilines is 3. The van der Waals surface area contributed by atoms with Crippen LogP contribution in [-0.4, -0.2) is 36.2 Å². The molecule has 0 aliphatic carbocycles. The van der Waals surface area contributed by atoms with Crippen molar-refractivity contribution < 1.29 is 9.59 Å². The van der Waals surface area contributed by atoms with Gasteiger partial charge in [-0.3, -0.25) is 9.59 Å². The average molecular weight is 552 g/mol. The Bertz CT molecular complexity index is 1400. The summed E-state index contributed by atoms with van der Waals surface area (Å²) >= 11 is 0. The number of para-hydroxylation sites is 3. The van der Waals surface area contributed by atoms with Crippen molar-refractivity contribution in [1.29, 1.82) is 0 Å². The predicted molar refractivity (Wildman–Crippen MR) is 165 cm³/mol. The number of rotatable bonds is 7. The minimum atomic E-state index is -1.16. The summed E-state index contributed by atoms with van der Waals surface area (Å²) in [6, 6.07) is 38.5. The molecule has 5 nitrogen and oxygen atoms in total. The van der Waals surface area contributed by atoms with E-state index in [0.29, 0.717) is 5.69 Å². The zero-order valence-electron chi connectivity index (χ0n) is 22.1. The van der Waals surface area contributed by atoms with Crippen molar-refractivity contribution in [2.45, 2.75) is 25.2 Å². The van der Waals surface area contributed by atoms with Crippen LogP contribution in [-0.2, 0) is 9.59 Å². The SMILES string of the molecule is CCN1c2ccccc2N(CC)P1C1C(=O)N(c2ccccc2)C(=O)C1P(c1ccccc1)c1ccccc1. The van der Waals surface area contributed by atoms with E-state index in [9.17, 15) is 9.59 Å². The number of hydrogen-bond donors (Lipinski definition) is 0. The van der Waals surface area contributed by atoms with Crippen LogP contribution in [0, 0.1) is 0 Å². The number of benzene rings is 4. The fourth-order valence-electron chi connectivity index (χ4n) is 5.78. The molecule has 6 rings (SSSR count). The molecule has 2 aliphatic heterocycles. The molecule has 2 amide bonds. The van der Waals surface area contributed by atoms with Crippen molar-refractivity contribution in [2.24, 2.45) is 0 Å². The van der Waals surface area contributed by atoms with Crippen molar-refractivity contribution in [3.05, 3.63) is 115 Å². The Labute approximate surface area is 232 Å². The summed E-state index contributed by atoms with van der Waals surface area (Å²) in [5.41, 5.74) is 1.98. The minimum absolute atomic E-state index is 0.0913. The Kier molecular flexibility index (Phi) is 7.21.